The Morgan fingerprint density at radius 2 is 2.23 bits per heavy atom. The van der Waals surface area contributed by atoms with E-state index in [-0.39, 0.29) is 6.03 Å². The number of aromatic nitrogens is 2. The lowest BCUT2D eigenvalue weighted by molar-refractivity contribution is 0.199. The van der Waals surface area contributed by atoms with Crippen LogP contribution in [-0.2, 0) is 6.54 Å². The van der Waals surface area contributed by atoms with Gasteiger partial charge in [-0.15, -0.1) is 0 Å². The summed E-state index contributed by atoms with van der Waals surface area (Å²) in [4.78, 5) is 24.9. The molecule has 0 aliphatic carbocycles. The van der Waals surface area contributed by atoms with E-state index in [1.807, 2.05) is 4.90 Å². The maximum Gasteiger partial charge on any atom is 0.317 e. The van der Waals surface area contributed by atoms with Crippen LogP contribution in [0.4, 0.5) is 4.79 Å². The first-order valence-electron chi connectivity index (χ1n) is 7.67. The first-order valence-corrected chi connectivity index (χ1v) is 7.67. The van der Waals surface area contributed by atoms with Crippen molar-refractivity contribution in [1.82, 2.24) is 25.1 Å². The second-order valence-corrected chi connectivity index (χ2v) is 6.33. The van der Waals surface area contributed by atoms with Crippen LogP contribution < -0.4 is 10.1 Å². The van der Waals surface area contributed by atoms with E-state index in [1.54, 1.807) is 19.4 Å². The number of urea groups is 1. The Bertz CT molecular complexity index is 552. The monoisotopic (exact) mass is 305 g/mol. The third kappa shape index (κ3) is 3.14. The normalized spacial score (nSPS) is 24.9. The Morgan fingerprint density at radius 3 is 2.95 bits per heavy atom. The summed E-state index contributed by atoms with van der Waals surface area (Å²) in [6.45, 7) is 4.23. The summed E-state index contributed by atoms with van der Waals surface area (Å²) in [7, 11) is 3.71. The number of carbonyl (C=O) groups is 1. The minimum atomic E-state index is -0.0298. The molecule has 1 N–H and O–H groups in total. The van der Waals surface area contributed by atoms with E-state index < -0.39 is 0 Å². The van der Waals surface area contributed by atoms with Crippen molar-refractivity contribution in [3.63, 3.8) is 0 Å². The van der Waals surface area contributed by atoms with Gasteiger partial charge in [-0.1, -0.05) is 0 Å². The van der Waals surface area contributed by atoms with E-state index in [2.05, 4.69) is 27.2 Å². The van der Waals surface area contributed by atoms with Gasteiger partial charge in [-0.05, 0) is 26.4 Å². The maximum absolute atomic E-state index is 12.3. The number of methoxy groups -OCH3 is 1. The van der Waals surface area contributed by atoms with Gasteiger partial charge >= 0.3 is 6.03 Å². The molecule has 0 saturated carbocycles. The number of carbonyl (C=O) groups excluding carboxylic acids is 1. The first kappa shape index (κ1) is 15.0. The van der Waals surface area contributed by atoms with Crippen LogP contribution in [0.1, 0.15) is 18.7 Å². The van der Waals surface area contributed by atoms with Crippen LogP contribution in [0.3, 0.4) is 0 Å². The summed E-state index contributed by atoms with van der Waals surface area (Å²) >= 11 is 0. The van der Waals surface area contributed by atoms with E-state index in [1.165, 1.54) is 6.42 Å². The lowest BCUT2D eigenvalue weighted by Crippen LogP contribution is -2.40. The number of amides is 2. The fourth-order valence-electron chi connectivity index (χ4n) is 3.45. The molecule has 0 aromatic carbocycles. The van der Waals surface area contributed by atoms with E-state index in [0.717, 1.165) is 32.6 Å². The summed E-state index contributed by atoms with van der Waals surface area (Å²) in [5.74, 6) is 1.07. The molecule has 2 aliphatic rings. The van der Waals surface area contributed by atoms with Crippen LogP contribution in [0.15, 0.2) is 12.3 Å². The molecule has 1 unspecified atom stereocenters. The van der Waals surface area contributed by atoms with Gasteiger partial charge in [-0.2, -0.15) is 4.98 Å². The van der Waals surface area contributed by atoms with Crippen molar-refractivity contribution >= 4 is 6.03 Å². The van der Waals surface area contributed by atoms with Crippen LogP contribution in [0.25, 0.3) is 0 Å². The third-order valence-electron chi connectivity index (χ3n) is 4.64. The summed E-state index contributed by atoms with van der Waals surface area (Å²) < 4.78 is 5.06. The van der Waals surface area contributed by atoms with Crippen molar-refractivity contribution in [3.8, 4) is 5.88 Å². The van der Waals surface area contributed by atoms with Crippen LogP contribution in [0.2, 0.25) is 0 Å². The topological polar surface area (TPSA) is 70.6 Å². The standard InChI is InChI=1S/C15H23N5O2/c1-19-7-4-15(10-19)5-8-20(11-15)14(21)17-9-12-16-6-3-13(18-12)22-2/h3,6H,4-5,7-11H2,1-2H3,(H,17,21). The van der Waals surface area contributed by atoms with Crippen molar-refractivity contribution in [2.45, 2.75) is 19.4 Å². The predicted molar refractivity (Wildman–Crippen MR) is 81.6 cm³/mol. The Hall–Kier alpha value is -1.89. The first-order chi connectivity index (χ1) is 10.6. The zero-order valence-electron chi connectivity index (χ0n) is 13.2. The van der Waals surface area contributed by atoms with Gasteiger partial charge in [0.25, 0.3) is 0 Å². The second kappa shape index (κ2) is 6.08. The van der Waals surface area contributed by atoms with E-state index >= 15 is 0 Å². The Labute approximate surface area is 130 Å². The SMILES string of the molecule is COc1ccnc(CNC(=O)N2CCC3(CCN(C)C3)C2)n1. The molecule has 1 spiro atoms. The van der Waals surface area contributed by atoms with Gasteiger partial charge in [0.15, 0.2) is 5.82 Å². The average Bonchev–Trinajstić information content (AvgIpc) is 3.12. The van der Waals surface area contributed by atoms with Crippen molar-refractivity contribution < 1.29 is 9.53 Å². The zero-order valence-corrected chi connectivity index (χ0v) is 13.2. The molecule has 120 valence electrons. The number of ether oxygens (including phenoxy) is 1. The highest BCUT2D eigenvalue weighted by molar-refractivity contribution is 5.74. The molecular formula is C15H23N5O2. The number of hydrogen-bond donors (Lipinski definition) is 1. The van der Waals surface area contributed by atoms with Gasteiger partial charge in [-0.3, -0.25) is 0 Å². The molecule has 1 aromatic rings. The number of nitrogens with one attached hydrogen (secondary N) is 1. The molecule has 3 heterocycles. The summed E-state index contributed by atoms with van der Waals surface area (Å²) in [5.41, 5.74) is 0.304. The minimum absolute atomic E-state index is 0.0298. The maximum atomic E-state index is 12.3. The van der Waals surface area contributed by atoms with Crippen molar-refractivity contribution in [2.24, 2.45) is 5.41 Å². The third-order valence-corrected chi connectivity index (χ3v) is 4.64. The number of likely N-dealkylation sites (tertiary alicyclic amines) is 2. The fraction of sp³-hybridized carbons (Fsp3) is 0.667. The smallest absolute Gasteiger partial charge is 0.317 e. The lowest BCUT2D eigenvalue weighted by atomic mass is 9.86. The summed E-state index contributed by atoms with van der Waals surface area (Å²) in [6.07, 6.45) is 3.92. The Kier molecular flexibility index (Phi) is 4.15. The molecule has 2 fully saturated rings. The summed E-state index contributed by atoms with van der Waals surface area (Å²) in [5, 5.41) is 2.90. The largest absolute Gasteiger partial charge is 0.481 e. The van der Waals surface area contributed by atoms with Crippen molar-refractivity contribution in [2.75, 3.05) is 40.3 Å². The second-order valence-electron chi connectivity index (χ2n) is 6.33. The molecule has 1 atom stereocenters. The van der Waals surface area contributed by atoms with Crippen LogP contribution in [0, 0.1) is 5.41 Å². The van der Waals surface area contributed by atoms with E-state index in [9.17, 15) is 4.79 Å². The lowest BCUT2D eigenvalue weighted by Gasteiger charge is -2.23. The molecule has 2 saturated heterocycles. The highest BCUT2D eigenvalue weighted by Gasteiger charge is 2.43. The number of nitrogens with zero attached hydrogens (tertiary/aromatic N) is 4. The van der Waals surface area contributed by atoms with Gasteiger partial charge in [0.2, 0.25) is 5.88 Å². The highest BCUT2D eigenvalue weighted by Crippen LogP contribution is 2.38. The van der Waals surface area contributed by atoms with Gasteiger partial charge in [-0.25, -0.2) is 9.78 Å². The van der Waals surface area contributed by atoms with Gasteiger partial charge in [0.1, 0.15) is 0 Å². The molecule has 0 radical (unpaired) electrons. The quantitative estimate of drug-likeness (QED) is 0.891. The van der Waals surface area contributed by atoms with Crippen LogP contribution in [0.5, 0.6) is 5.88 Å². The van der Waals surface area contributed by atoms with Crippen molar-refractivity contribution in [1.29, 1.82) is 0 Å². The van der Waals surface area contributed by atoms with Crippen LogP contribution >= 0.6 is 0 Å². The highest BCUT2D eigenvalue weighted by atomic mass is 16.5. The molecule has 2 aliphatic heterocycles. The van der Waals surface area contributed by atoms with Gasteiger partial charge in [0, 0.05) is 37.3 Å². The van der Waals surface area contributed by atoms with E-state index in [0.29, 0.717) is 23.7 Å². The predicted octanol–water partition coefficient (Wildman–Crippen LogP) is 0.722. The Balaban J connectivity index is 1.52. The zero-order chi connectivity index (χ0) is 15.6. The molecule has 22 heavy (non-hydrogen) atoms. The molecule has 3 rings (SSSR count). The minimum Gasteiger partial charge on any atom is -0.481 e. The molecule has 0 bridgehead atoms. The van der Waals surface area contributed by atoms with Gasteiger partial charge in [0.05, 0.1) is 13.7 Å². The Morgan fingerprint density at radius 1 is 1.41 bits per heavy atom. The fourth-order valence-corrected chi connectivity index (χ4v) is 3.45. The van der Waals surface area contributed by atoms with E-state index in [4.69, 9.17) is 4.74 Å². The molecule has 2 amide bonds. The average molecular weight is 305 g/mol. The van der Waals surface area contributed by atoms with Crippen molar-refractivity contribution in [3.05, 3.63) is 18.1 Å². The molecule has 7 nitrogen and oxygen atoms in total. The number of hydrogen-bond acceptors (Lipinski definition) is 5. The molecular weight excluding hydrogens is 282 g/mol. The molecule has 1 aromatic heterocycles. The summed E-state index contributed by atoms with van der Waals surface area (Å²) in [6, 6.07) is 1.66. The van der Waals surface area contributed by atoms with Crippen LogP contribution in [-0.4, -0.2) is 66.1 Å². The number of rotatable bonds is 3. The van der Waals surface area contributed by atoms with Gasteiger partial charge < -0.3 is 19.9 Å². The molecule has 7 heteroatoms.